The molecule has 0 fully saturated rings. The average Bonchev–Trinajstić information content (AvgIpc) is 2.38. The second kappa shape index (κ2) is 7.61. The lowest BCUT2D eigenvalue weighted by atomic mass is 10.0. The van der Waals surface area contributed by atoms with Crippen LogP contribution in [-0.4, -0.2) is 20.3 Å². The first-order valence-electron chi connectivity index (χ1n) is 6.67. The van der Waals surface area contributed by atoms with Crippen LogP contribution in [0.15, 0.2) is 12.1 Å². The minimum Gasteiger partial charge on any atom is -0.493 e. The number of nitrogens with one attached hydrogen (secondary N) is 1. The second-order valence-electron chi connectivity index (χ2n) is 4.95. The minimum absolute atomic E-state index is 0.506. The quantitative estimate of drug-likeness (QED) is 0.825. The van der Waals surface area contributed by atoms with E-state index < -0.39 is 0 Å². The Balaban J connectivity index is 2.82. The third kappa shape index (κ3) is 4.29. The molecule has 1 atom stereocenters. The number of rotatable bonds is 7. The molecule has 19 heavy (non-hydrogen) atoms. The van der Waals surface area contributed by atoms with Crippen molar-refractivity contribution in [3.8, 4) is 11.5 Å². The van der Waals surface area contributed by atoms with Crippen LogP contribution in [-0.2, 0) is 6.54 Å². The highest BCUT2D eigenvalue weighted by Gasteiger charge is 2.13. The fraction of sp³-hybridized carbons (Fsp3) is 0.600. The highest BCUT2D eigenvalue weighted by molar-refractivity contribution is 6.32. The molecular weight excluding hydrogens is 262 g/mol. The van der Waals surface area contributed by atoms with E-state index in [0.717, 1.165) is 18.5 Å². The van der Waals surface area contributed by atoms with Crippen molar-refractivity contribution in [2.75, 3.05) is 14.2 Å². The van der Waals surface area contributed by atoms with Gasteiger partial charge < -0.3 is 14.8 Å². The van der Waals surface area contributed by atoms with Gasteiger partial charge in [0.15, 0.2) is 11.5 Å². The minimum atomic E-state index is 0.506. The molecule has 1 aromatic rings. The summed E-state index contributed by atoms with van der Waals surface area (Å²) < 4.78 is 10.5. The largest absolute Gasteiger partial charge is 0.493 e. The summed E-state index contributed by atoms with van der Waals surface area (Å²) in [5, 5.41) is 4.13. The molecular formula is C15H24ClNO2. The van der Waals surface area contributed by atoms with Crippen molar-refractivity contribution in [2.24, 2.45) is 5.92 Å². The summed E-state index contributed by atoms with van der Waals surface area (Å²) in [6.45, 7) is 7.42. The van der Waals surface area contributed by atoms with E-state index in [1.807, 2.05) is 12.1 Å². The molecule has 0 heterocycles. The summed E-state index contributed by atoms with van der Waals surface area (Å²) in [6.07, 6.45) is 1.11. The molecule has 0 bridgehead atoms. The van der Waals surface area contributed by atoms with Crippen LogP contribution in [0.4, 0.5) is 0 Å². The zero-order chi connectivity index (χ0) is 14.4. The number of methoxy groups -OCH3 is 2. The number of halogens is 1. The van der Waals surface area contributed by atoms with E-state index in [-0.39, 0.29) is 0 Å². The maximum absolute atomic E-state index is 6.19. The van der Waals surface area contributed by atoms with E-state index in [2.05, 4.69) is 26.1 Å². The number of hydrogen-bond donors (Lipinski definition) is 1. The Bertz CT molecular complexity index is 407. The van der Waals surface area contributed by atoms with Gasteiger partial charge in [0.2, 0.25) is 0 Å². The topological polar surface area (TPSA) is 30.5 Å². The van der Waals surface area contributed by atoms with Crippen LogP contribution in [0.2, 0.25) is 5.02 Å². The SMILES string of the molecule is CCC(NCc1cc(Cl)c(OC)c(OC)c1)C(C)C. The predicted molar refractivity (Wildman–Crippen MR) is 80.3 cm³/mol. The molecule has 1 aromatic carbocycles. The monoisotopic (exact) mass is 285 g/mol. The van der Waals surface area contributed by atoms with Crippen molar-refractivity contribution in [2.45, 2.75) is 39.8 Å². The Labute approximate surface area is 121 Å². The van der Waals surface area contributed by atoms with Crippen LogP contribution >= 0.6 is 11.6 Å². The molecule has 0 aliphatic rings. The van der Waals surface area contributed by atoms with Crippen LogP contribution in [0.3, 0.4) is 0 Å². The Morgan fingerprint density at radius 2 is 1.89 bits per heavy atom. The van der Waals surface area contributed by atoms with E-state index in [9.17, 15) is 0 Å². The van der Waals surface area contributed by atoms with Gasteiger partial charge in [-0.1, -0.05) is 32.4 Å². The van der Waals surface area contributed by atoms with Crippen molar-refractivity contribution in [1.82, 2.24) is 5.32 Å². The van der Waals surface area contributed by atoms with Crippen molar-refractivity contribution in [3.63, 3.8) is 0 Å². The number of benzene rings is 1. The van der Waals surface area contributed by atoms with Crippen LogP contribution in [0, 0.1) is 5.92 Å². The predicted octanol–water partition coefficient (Wildman–Crippen LogP) is 3.88. The summed E-state index contributed by atoms with van der Waals surface area (Å²) in [5.74, 6) is 1.87. The molecule has 0 saturated heterocycles. The molecule has 0 aliphatic carbocycles. The van der Waals surface area contributed by atoms with Gasteiger partial charge in [0.05, 0.1) is 19.2 Å². The molecule has 0 radical (unpaired) electrons. The van der Waals surface area contributed by atoms with Gasteiger partial charge in [0, 0.05) is 12.6 Å². The maximum atomic E-state index is 6.19. The van der Waals surface area contributed by atoms with Gasteiger partial charge in [-0.05, 0) is 30.0 Å². The molecule has 0 aromatic heterocycles. The van der Waals surface area contributed by atoms with Crippen molar-refractivity contribution in [1.29, 1.82) is 0 Å². The fourth-order valence-corrected chi connectivity index (χ4v) is 2.48. The molecule has 4 heteroatoms. The van der Waals surface area contributed by atoms with Crippen LogP contribution in [0.25, 0.3) is 0 Å². The highest BCUT2D eigenvalue weighted by Crippen LogP contribution is 2.36. The highest BCUT2D eigenvalue weighted by atomic mass is 35.5. The molecule has 1 N–H and O–H groups in total. The third-order valence-corrected chi connectivity index (χ3v) is 3.59. The summed E-state index contributed by atoms with van der Waals surface area (Å²) in [7, 11) is 3.21. The zero-order valence-electron chi connectivity index (χ0n) is 12.4. The van der Waals surface area contributed by atoms with Crippen molar-refractivity contribution in [3.05, 3.63) is 22.7 Å². The first kappa shape index (κ1) is 16.1. The standard InChI is InChI=1S/C15H24ClNO2/c1-6-13(10(2)3)17-9-11-7-12(16)15(19-5)14(8-11)18-4/h7-8,10,13,17H,6,9H2,1-5H3. The van der Waals surface area contributed by atoms with Crippen LogP contribution < -0.4 is 14.8 Å². The van der Waals surface area contributed by atoms with E-state index in [0.29, 0.717) is 28.5 Å². The molecule has 1 rings (SSSR count). The lowest BCUT2D eigenvalue weighted by molar-refractivity contribution is 0.353. The number of hydrogen-bond acceptors (Lipinski definition) is 3. The summed E-state index contributed by atoms with van der Waals surface area (Å²) in [6, 6.07) is 4.39. The van der Waals surface area contributed by atoms with Crippen LogP contribution in [0.1, 0.15) is 32.8 Å². The van der Waals surface area contributed by atoms with Crippen molar-refractivity contribution < 1.29 is 9.47 Å². The molecule has 3 nitrogen and oxygen atoms in total. The summed E-state index contributed by atoms with van der Waals surface area (Å²) in [5.41, 5.74) is 1.10. The van der Waals surface area contributed by atoms with E-state index in [1.54, 1.807) is 14.2 Å². The average molecular weight is 286 g/mol. The van der Waals surface area contributed by atoms with Gasteiger partial charge in [-0.15, -0.1) is 0 Å². The van der Waals surface area contributed by atoms with Gasteiger partial charge in [0.1, 0.15) is 0 Å². The maximum Gasteiger partial charge on any atom is 0.179 e. The zero-order valence-corrected chi connectivity index (χ0v) is 13.2. The Morgan fingerprint density at radius 1 is 1.21 bits per heavy atom. The smallest absolute Gasteiger partial charge is 0.179 e. The van der Waals surface area contributed by atoms with Gasteiger partial charge in [0.25, 0.3) is 0 Å². The normalized spacial score (nSPS) is 12.6. The molecule has 0 aliphatic heterocycles. The lowest BCUT2D eigenvalue weighted by Crippen LogP contribution is -2.32. The summed E-state index contributed by atoms with van der Waals surface area (Å²) in [4.78, 5) is 0. The van der Waals surface area contributed by atoms with E-state index in [4.69, 9.17) is 21.1 Å². The first-order chi connectivity index (χ1) is 9.03. The van der Waals surface area contributed by atoms with Crippen LogP contribution in [0.5, 0.6) is 11.5 Å². The van der Waals surface area contributed by atoms with Gasteiger partial charge in [-0.3, -0.25) is 0 Å². The fourth-order valence-electron chi connectivity index (χ4n) is 2.17. The molecule has 108 valence electrons. The Morgan fingerprint density at radius 3 is 2.37 bits per heavy atom. The number of ether oxygens (including phenoxy) is 2. The van der Waals surface area contributed by atoms with E-state index >= 15 is 0 Å². The third-order valence-electron chi connectivity index (χ3n) is 3.31. The molecule has 1 unspecified atom stereocenters. The summed E-state index contributed by atoms with van der Waals surface area (Å²) >= 11 is 6.19. The van der Waals surface area contributed by atoms with E-state index in [1.165, 1.54) is 0 Å². The lowest BCUT2D eigenvalue weighted by Gasteiger charge is -2.21. The second-order valence-corrected chi connectivity index (χ2v) is 5.36. The molecule has 0 saturated carbocycles. The van der Waals surface area contributed by atoms with Gasteiger partial charge in [-0.2, -0.15) is 0 Å². The van der Waals surface area contributed by atoms with Gasteiger partial charge in [-0.25, -0.2) is 0 Å². The Kier molecular flexibility index (Phi) is 6.46. The van der Waals surface area contributed by atoms with Gasteiger partial charge >= 0.3 is 0 Å². The Hall–Kier alpha value is -0.930. The van der Waals surface area contributed by atoms with Crippen molar-refractivity contribution >= 4 is 11.6 Å². The first-order valence-corrected chi connectivity index (χ1v) is 7.05. The molecule has 0 amide bonds. The molecule has 0 spiro atoms.